The molecule has 24 heavy (non-hydrogen) atoms. The normalized spacial score (nSPS) is 11.8. The number of carbonyl (C=O) groups excluding carboxylic acids is 2. The van der Waals surface area contributed by atoms with Gasteiger partial charge in [0.1, 0.15) is 0 Å². The third kappa shape index (κ3) is 4.91. The maximum absolute atomic E-state index is 11.9. The van der Waals surface area contributed by atoms with Gasteiger partial charge in [-0.3, -0.25) is 9.59 Å². The van der Waals surface area contributed by atoms with E-state index in [0.717, 1.165) is 20.9 Å². The number of benzene rings is 1. The van der Waals surface area contributed by atoms with Crippen LogP contribution in [-0.2, 0) is 16.0 Å². The highest BCUT2D eigenvalue weighted by molar-refractivity contribution is 7.12. The molecule has 2 aromatic rings. The van der Waals surface area contributed by atoms with Gasteiger partial charge in [0.2, 0.25) is 0 Å². The average molecular weight is 346 g/mol. The molecule has 0 aliphatic rings. The van der Waals surface area contributed by atoms with Gasteiger partial charge in [-0.2, -0.15) is 0 Å². The fourth-order valence-electron chi connectivity index (χ4n) is 2.14. The lowest BCUT2D eigenvalue weighted by Crippen LogP contribution is -2.36. The Labute approximate surface area is 145 Å². The number of aliphatic hydroxyl groups is 1. The Bertz CT molecular complexity index is 738. The largest absolute Gasteiger partial charge is 0.388 e. The summed E-state index contributed by atoms with van der Waals surface area (Å²) in [6, 6.07) is 9.31. The van der Waals surface area contributed by atoms with E-state index in [1.807, 2.05) is 38.1 Å². The zero-order valence-electron chi connectivity index (χ0n) is 14.1. The van der Waals surface area contributed by atoms with Crippen molar-refractivity contribution in [1.29, 1.82) is 0 Å². The van der Waals surface area contributed by atoms with Gasteiger partial charge in [-0.1, -0.05) is 6.07 Å². The van der Waals surface area contributed by atoms with Crippen molar-refractivity contribution < 1.29 is 14.7 Å². The van der Waals surface area contributed by atoms with Crippen LogP contribution >= 0.6 is 11.3 Å². The summed E-state index contributed by atoms with van der Waals surface area (Å²) in [5, 5.41) is 14.7. The van der Waals surface area contributed by atoms with E-state index in [0.29, 0.717) is 18.7 Å². The van der Waals surface area contributed by atoms with Crippen LogP contribution in [0, 0.1) is 13.8 Å². The fourth-order valence-corrected chi connectivity index (χ4v) is 3.09. The average Bonchev–Trinajstić information content (AvgIpc) is 3.00. The Balaban J connectivity index is 1.80. The van der Waals surface area contributed by atoms with Crippen molar-refractivity contribution in [3.05, 3.63) is 51.2 Å². The van der Waals surface area contributed by atoms with E-state index < -0.39 is 17.9 Å². The predicted octanol–water partition coefficient (Wildman–Crippen LogP) is 2.72. The Morgan fingerprint density at radius 1 is 1.12 bits per heavy atom. The Morgan fingerprint density at radius 2 is 1.88 bits per heavy atom. The van der Waals surface area contributed by atoms with Gasteiger partial charge in [-0.15, -0.1) is 11.3 Å². The molecule has 6 heteroatoms. The Hall–Kier alpha value is -2.18. The lowest BCUT2D eigenvalue weighted by molar-refractivity contribution is -0.136. The molecule has 2 amide bonds. The molecule has 1 heterocycles. The maximum atomic E-state index is 11.9. The van der Waals surface area contributed by atoms with E-state index in [2.05, 4.69) is 10.6 Å². The molecule has 5 nitrogen and oxygen atoms in total. The standard InChI is InChI=1S/C18H22N2O3S/c1-11-4-5-14(10-12(11)2)20-18(23)17(22)19-9-8-15-6-7-16(24-15)13(3)21/h4-7,10,13,21H,8-9H2,1-3H3,(H,19,22)(H,20,23)/t13-/m0/s1. The van der Waals surface area contributed by atoms with Crippen LogP contribution in [0.5, 0.6) is 0 Å². The van der Waals surface area contributed by atoms with Gasteiger partial charge in [0.15, 0.2) is 0 Å². The number of rotatable bonds is 5. The minimum atomic E-state index is -0.672. The SMILES string of the molecule is Cc1ccc(NC(=O)C(=O)NCCc2ccc([C@H](C)O)s2)cc1C. The zero-order chi connectivity index (χ0) is 17.7. The molecule has 0 bridgehead atoms. The molecular weight excluding hydrogens is 324 g/mol. The van der Waals surface area contributed by atoms with Gasteiger partial charge in [0.25, 0.3) is 0 Å². The molecule has 0 saturated heterocycles. The number of amides is 2. The molecule has 0 radical (unpaired) electrons. The van der Waals surface area contributed by atoms with E-state index in [4.69, 9.17) is 0 Å². The number of nitrogens with one attached hydrogen (secondary N) is 2. The summed E-state index contributed by atoms with van der Waals surface area (Å²) in [5.41, 5.74) is 2.79. The molecule has 0 fully saturated rings. The second-order valence-electron chi connectivity index (χ2n) is 5.74. The first-order chi connectivity index (χ1) is 11.4. The zero-order valence-corrected chi connectivity index (χ0v) is 14.9. The third-order valence-corrected chi connectivity index (χ3v) is 5.04. The minimum Gasteiger partial charge on any atom is -0.388 e. The van der Waals surface area contributed by atoms with E-state index in [1.165, 1.54) is 11.3 Å². The van der Waals surface area contributed by atoms with Crippen LogP contribution in [0.2, 0.25) is 0 Å². The van der Waals surface area contributed by atoms with Crippen LogP contribution in [0.25, 0.3) is 0 Å². The molecule has 3 N–H and O–H groups in total. The smallest absolute Gasteiger partial charge is 0.313 e. The highest BCUT2D eigenvalue weighted by atomic mass is 32.1. The summed E-state index contributed by atoms with van der Waals surface area (Å²) in [7, 11) is 0. The fraction of sp³-hybridized carbons (Fsp3) is 0.333. The van der Waals surface area contributed by atoms with Gasteiger partial charge in [-0.05, 0) is 62.6 Å². The number of aryl methyl sites for hydroxylation is 2. The molecule has 0 spiro atoms. The predicted molar refractivity (Wildman–Crippen MR) is 96.2 cm³/mol. The Morgan fingerprint density at radius 3 is 2.50 bits per heavy atom. The molecule has 1 aromatic carbocycles. The van der Waals surface area contributed by atoms with Gasteiger partial charge in [0.05, 0.1) is 6.10 Å². The van der Waals surface area contributed by atoms with Crippen molar-refractivity contribution in [2.45, 2.75) is 33.3 Å². The highest BCUT2D eigenvalue weighted by Crippen LogP contribution is 2.22. The van der Waals surface area contributed by atoms with Gasteiger partial charge < -0.3 is 15.7 Å². The highest BCUT2D eigenvalue weighted by Gasteiger charge is 2.13. The van der Waals surface area contributed by atoms with Crippen molar-refractivity contribution in [3.63, 3.8) is 0 Å². The van der Waals surface area contributed by atoms with E-state index in [9.17, 15) is 14.7 Å². The third-order valence-electron chi connectivity index (χ3n) is 3.72. The molecule has 128 valence electrons. The van der Waals surface area contributed by atoms with Crippen LogP contribution in [0.3, 0.4) is 0 Å². The summed E-state index contributed by atoms with van der Waals surface area (Å²) in [6.07, 6.45) is 0.141. The van der Waals surface area contributed by atoms with E-state index in [-0.39, 0.29) is 0 Å². The first-order valence-electron chi connectivity index (χ1n) is 7.80. The summed E-state index contributed by atoms with van der Waals surface area (Å²) in [5.74, 6) is -1.32. The van der Waals surface area contributed by atoms with Gasteiger partial charge in [0, 0.05) is 22.0 Å². The summed E-state index contributed by atoms with van der Waals surface area (Å²) >= 11 is 1.50. The molecule has 1 atom stereocenters. The molecule has 1 aromatic heterocycles. The monoisotopic (exact) mass is 346 g/mol. The van der Waals surface area contributed by atoms with Gasteiger partial charge >= 0.3 is 11.8 Å². The molecule has 0 saturated carbocycles. The number of aliphatic hydroxyl groups excluding tert-OH is 1. The second kappa shape index (κ2) is 8.08. The minimum absolute atomic E-state index is 0.374. The number of anilines is 1. The molecule has 0 aliphatic heterocycles. The van der Waals surface area contributed by atoms with Crippen molar-refractivity contribution in [2.75, 3.05) is 11.9 Å². The topological polar surface area (TPSA) is 78.4 Å². The van der Waals surface area contributed by atoms with Crippen LogP contribution in [-0.4, -0.2) is 23.5 Å². The van der Waals surface area contributed by atoms with Crippen LogP contribution in [0.4, 0.5) is 5.69 Å². The number of hydrogen-bond acceptors (Lipinski definition) is 4. The van der Waals surface area contributed by atoms with Crippen molar-refractivity contribution in [2.24, 2.45) is 0 Å². The number of thiophene rings is 1. The summed E-state index contributed by atoms with van der Waals surface area (Å²) < 4.78 is 0. The molecular formula is C18H22N2O3S. The van der Waals surface area contributed by atoms with Crippen molar-refractivity contribution in [1.82, 2.24) is 5.32 Å². The first-order valence-corrected chi connectivity index (χ1v) is 8.61. The van der Waals surface area contributed by atoms with Crippen molar-refractivity contribution in [3.8, 4) is 0 Å². The Kier molecular flexibility index (Phi) is 6.11. The maximum Gasteiger partial charge on any atom is 0.313 e. The van der Waals surface area contributed by atoms with Crippen LogP contribution in [0.1, 0.15) is 33.9 Å². The quantitative estimate of drug-likeness (QED) is 0.729. The lowest BCUT2D eigenvalue weighted by Gasteiger charge is -2.08. The van der Waals surface area contributed by atoms with E-state index in [1.54, 1.807) is 13.0 Å². The molecule has 0 unspecified atom stereocenters. The molecule has 2 rings (SSSR count). The van der Waals surface area contributed by atoms with Crippen LogP contribution < -0.4 is 10.6 Å². The summed E-state index contributed by atoms with van der Waals surface area (Å²) in [6.45, 7) is 6.03. The molecule has 0 aliphatic carbocycles. The number of carbonyl (C=O) groups is 2. The van der Waals surface area contributed by atoms with Gasteiger partial charge in [-0.25, -0.2) is 0 Å². The van der Waals surface area contributed by atoms with Crippen molar-refractivity contribution >= 4 is 28.8 Å². The van der Waals surface area contributed by atoms with Crippen LogP contribution in [0.15, 0.2) is 30.3 Å². The number of hydrogen-bond donors (Lipinski definition) is 3. The first kappa shape index (κ1) is 18.2. The lowest BCUT2D eigenvalue weighted by atomic mass is 10.1. The summed E-state index contributed by atoms with van der Waals surface area (Å²) in [4.78, 5) is 25.7. The second-order valence-corrected chi connectivity index (χ2v) is 6.94. The van der Waals surface area contributed by atoms with E-state index >= 15 is 0 Å².